The molecule has 8 heteroatoms. The number of rotatable bonds is 6. The summed E-state index contributed by atoms with van der Waals surface area (Å²) in [5.74, 6) is -1.33. The standard InChI is InChI=1S/C17H25FN2O4S/c1-6-19-25(22,23)11-7-8-13(18)12(9-11)16(21)20-14-10(2)15(24-5)17(14,3)4/h7-10,14-15,19H,6H2,1-5H3,(H,20,21)/t10-,14+,15+/m0/s1. The van der Waals surface area contributed by atoms with Gasteiger partial charge < -0.3 is 10.1 Å². The van der Waals surface area contributed by atoms with E-state index in [1.165, 1.54) is 0 Å². The van der Waals surface area contributed by atoms with Crippen LogP contribution in [0.25, 0.3) is 0 Å². The molecule has 25 heavy (non-hydrogen) atoms. The molecule has 6 nitrogen and oxygen atoms in total. The molecule has 0 unspecified atom stereocenters. The molecule has 1 fully saturated rings. The van der Waals surface area contributed by atoms with E-state index in [0.29, 0.717) is 0 Å². The van der Waals surface area contributed by atoms with Crippen molar-refractivity contribution in [1.29, 1.82) is 0 Å². The van der Waals surface area contributed by atoms with Crippen molar-refractivity contribution in [3.63, 3.8) is 0 Å². The van der Waals surface area contributed by atoms with Gasteiger partial charge in [0, 0.05) is 31.0 Å². The Balaban J connectivity index is 2.26. The summed E-state index contributed by atoms with van der Waals surface area (Å²) in [6, 6.07) is 3.00. The Labute approximate surface area is 148 Å². The molecule has 1 aromatic carbocycles. The van der Waals surface area contributed by atoms with Crippen molar-refractivity contribution >= 4 is 15.9 Å². The summed E-state index contributed by atoms with van der Waals surface area (Å²) in [6.07, 6.45) is -0.0110. The fourth-order valence-corrected chi connectivity index (χ4v) is 4.83. The number of carbonyl (C=O) groups excluding carboxylic acids is 1. The minimum Gasteiger partial charge on any atom is -0.380 e. The SMILES string of the molecule is CCNS(=O)(=O)c1ccc(F)c(C(=O)N[C@@H]2[C@H](C)[C@@H](OC)C2(C)C)c1. The fourth-order valence-electron chi connectivity index (χ4n) is 3.76. The lowest BCUT2D eigenvalue weighted by Gasteiger charge is -2.56. The lowest BCUT2D eigenvalue weighted by atomic mass is 9.58. The van der Waals surface area contributed by atoms with Gasteiger partial charge in [-0.1, -0.05) is 27.7 Å². The summed E-state index contributed by atoms with van der Waals surface area (Å²) in [7, 11) is -2.15. The third-order valence-electron chi connectivity index (χ3n) is 4.91. The van der Waals surface area contributed by atoms with Crippen LogP contribution in [0.15, 0.2) is 23.1 Å². The monoisotopic (exact) mass is 372 g/mol. The van der Waals surface area contributed by atoms with Crippen molar-refractivity contribution in [2.24, 2.45) is 11.3 Å². The highest BCUT2D eigenvalue weighted by atomic mass is 32.2. The van der Waals surface area contributed by atoms with Crippen LogP contribution >= 0.6 is 0 Å². The molecule has 2 rings (SSSR count). The Hall–Kier alpha value is -1.51. The zero-order chi connectivity index (χ0) is 19.0. The molecule has 1 aromatic rings. The predicted octanol–water partition coefficient (Wildman–Crippen LogP) is 1.91. The number of benzene rings is 1. The molecule has 1 saturated carbocycles. The van der Waals surface area contributed by atoms with Crippen molar-refractivity contribution in [3.05, 3.63) is 29.6 Å². The van der Waals surface area contributed by atoms with Crippen molar-refractivity contribution in [1.82, 2.24) is 10.0 Å². The Kier molecular flexibility index (Phi) is 5.56. The third-order valence-corrected chi connectivity index (χ3v) is 6.45. The summed E-state index contributed by atoms with van der Waals surface area (Å²) < 4.78 is 46.0. The topological polar surface area (TPSA) is 84.5 Å². The number of ether oxygens (including phenoxy) is 1. The second kappa shape index (κ2) is 7.01. The summed E-state index contributed by atoms with van der Waals surface area (Å²) in [5.41, 5.74) is -0.587. The summed E-state index contributed by atoms with van der Waals surface area (Å²) in [5, 5.41) is 2.81. The smallest absolute Gasteiger partial charge is 0.254 e. The van der Waals surface area contributed by atoms with Gasteiger partial charge >= 0.3 is 0 Å². The Bertz CT molecular complexity index is 764. The van der Waals surface area contributed by atoms with Crippen molar-refractivity contribution in [3.8, 4) is 0 Å². The zero-order valence-corrected chi connectivity index (χ0v) is 15.9. The summed E-state index contributed by atoms with van der Waals surface area (Å²) in [6.45, 7) is 7.73. The maximum absolute atomic E-state index is 14.1. The average Bonchev–Trinajstić information content (AvgIpc) is 2.52. The zero-order valence-electron chi connectivity index (χ0n) is 15.1. The van der Waals surface area contributed by atoms with Gasteiger partial charge in [-0.05, 0) is 18.2 Å². The predicted molar refractivity (Wildman–Crippen MR) is 92.3 cm³/mol. The van der Waals surface area contributed by atoms with Crippen molar-refractivity contribution < 1.29 is 22.3 Å². The number of sulfonamides is 1. The van der Waals surface area contributed by atoms with Gasteiger partial charge in [0.05, 0.1) is 16.6 Å². The van der Waals surface area contributed by atoms with E-state index < -0.39 is 21.7 Å². The Morgan fingerprint density at radius 3 is 2.52 bits per heavy atom. The van der Waals surface area contributed by atoms with Gasteiger partial charge in [0.15, 0.2) is 0 Å². The van der Waals surface area contributed by atoms with Gasteiger partial charge in [-0.3, -0.25) is 4.79 Å². The Morgan fingerprint density at radius 2 is 2.00 bits per heavy atom. The van der Waals surface area contributed by atoms with Gasteiger partial charge in [-0.15, -0.1) is 0 Å². The van der Waals surface area contributed by atoms with Gasteiger partial charge in [0.1, 0.15) is 5.82 Å². The molecule has 0 saturated heterocycles. The number of carbonyl (C=O) groups is 1. The molecular formula is C17H25FN2O4S. The van der Waals surface area contributed by atoms with E-state index in [-0.39, 0.29) is 40.5 Å². The molecule has 0 heterocycles. The average molecular weight is 372 g/mol. The van der Waals surface area contributed by atoms with Gasteiger partial charge in [-0.25, -0.2) is 17.5 Å². The van der Waals surface area contributed by atoms with Gasteiger partial charge in [0.25, 0.3) is 5.91 Å². The van der Waals surface area contributed by atoms with Gasteiger partial charge in [0.2, 0.25) is 10.0 Å². The molecule has 1 aliphatic carbocycles. The molecule has 1 aliphatic rings. The third kappa shape index (κ3) is 3.56. The highest BCUT2D eigenvalue weighted by Gasteiger charge is 2.55. The van der Waals surface area contributed by atoms with Crippen LogP contribution in [0.4, 0.5) is 4.39 Å². The highest BCUT2D eigenvalue weighted by Crippen LogP contribution is 2.47. The second-order valence-corrected chi connectivity index (χ2v) is 8.70. The molecule has 0 aliphatic heterocycles. The first-order chi connectivity index (χ1) is 11.6. The van der Waals surface area contributed by atoms with Crippen molar-refractivity contribution in [2.45, 2.75) is 44.7 Å². The van der Waals surface area contributed by atoms with E-state index in [1.54, 1.807) is 14.0 Å². The van der Waals surface area contributed by atoms with Crippen LogP contribution < -0.4 is 10.0 Å². The second-order valence-electron chi connectivity index (χ2n) is 6.93. The maximum atomic E-state index is 14.1. The van der Waals surface area contributed by atoms with E-state index >= 15 is 0 Å². The molecule has 0 radical (unpaired) electrons. The van der Waals surface area contributed by atoms with Crippen LogP contribution in [0.5, 0.6) is 0 Å². The first-order valence-corrected chi connectivity index (χ1v) is 9.67. The van der Waals surface area contributed by atoms with Crippen LogP contribution in [-0.2, 0) is 14.8 Å². The maximum Gasteiger partial charge on any atom is 0.254 e. The van der Waals surface area contributed by atoms with Crippen LogP contribution in [0.1, 0.15) is 38.1 Å². The molecule has 0 aromatic heterocycles. The molecule has 1 amide bonds. The van der Waals surface area contributed by atoms with Crippen LogP contribution in [0.2, 0.25) is 0 Å². The lowest BCUT2D eigenvalue weighted by Crippen LogP contribution is -2.67. The van der Waals surface area contributed by atoms with Crippen LogP contribution in [0, 0.1) is 17.2 Å². The number of amides is 1. The Morgan fingerprint density at radius 1 is 1.36 bits per heavy atom. The molecule has 3 atom stereocenters. The van der Waals surface area contributed by atoms with E-state index in [0.717, 1.165) is 18.2 Å². The first-order valence-electron chi connectivity index (χ1n) is 8.19. The number of nitrogens with one attached hydrogen (secondary N) is 2. The quantitative estimate of drug-likeness (QED) is 0.799. The first kappa shape index (κ1) is 19.8. The number of hydrogen-bond acceptors (Lipinski definition) is 4. The normalized spacial score (nSPS) is 25.3. The molecule has 0 spiro atoms. The summed E-state index contributed by atoms with van der Waals surface area (Å²) >= 11 is 0. The minimum absolute atomic E-state index is 0.0110. The minimum atomic E-state index is -3.77. The van der Waals surface area contributed by atoms with Gasteiger partial charge in [-0.2, -0.15) is 0 Å². The molecule has 2 N–H and O–H groups in total. The summed E-state index contributed by atoms with van der Waals surface area (Å²) in [4.78, 5) is 12.4. The van der Waals surface area contributed by atoms with E-state index in [4.69, 9.17) is 4.74 Å². The van der Waals surface area contributed by atoms with E-state index in [9.17, 15) is 17.6 Å². The van der Waals surface area contributed by atoms with Crippen LogP contribution in [0.3, 0.4) is 0 Å². The number of halogens is 1. The molecular weight excluding hydrogens is 347 g/mol. The van der Waals surface area contributed by atoms with E-state index in [1.807, 2.05) is 20.8 Å². The van der Waals surface area contributed by atoms with E-state index in [2.05, 4.69) is 10.0 Å². The number of methoxy groups -OCH3 is 1. The van der Waals surface area contributed by atoms with Crippen LogP contribution in [-0.4, -0.2) is 40.1 Å². The molecule has 140 valence electrons. The molecule has 0 bridgehead atoms. The van der Waals surface area contributed by atoms with Crippen molar-refractivity contribution in [2.75, 3.05) is 13.7 Å². The highest BCUT2D eigenvalue weighted by molar-refractivity contribution is 7.89. The lowest BCUT2D eigenvalue weighted by molar-refractivity contribution is -0.141. The largest absolute Gasteiger partial charge is 0.380 e. The fraction of sp³-hybridized carbons (Fsp3) is 0.588. The number of hydrogen-bond donors (Lipinski definition) is 2.